The lowest BCUT2D eigenvalue weighted by molar-refractivity contribution is 0.0375. The van der Waals surface area contributed by atoms with Crippen LogP contribution in [0.25, 0.3) is 5.69 Å². The Hall–Kier alpha value is -1.65. The molecule has 1 aliphatic heterocycles. The summed E-state index contributed by atoms with van der Waals surface area (Å²) in [6.07, 6.45) is 6.10. The number of nitrogens with zero attached hydrogens (tertiary/aromatic N) is 3. The molecule has 0 unspecified atom stereocenters. The van der Waals surface area contributed by atoms with Gasteiger partial charge in [-0.1, -0.05) is 12.1 Å². The predicted molar refractivity (Wildman–Crippen MR) is 79.1 cm³/mol. The van der Waals surface area contributed by atoms with Crippen LogP contribution in [0.4, 0.5) is 0 Å². The second kappa shape index (κ2) is 6.68. The molecule has 0 saturated carbocycles. The van der Waals surface area contributed by atoms with Crippen LogP contribution in [0.2, 0.25) is 0 Å². The summed E-state index contributed by atoms with van der Waals surface area (Å²) in [4.78, 5) is 2.49. The molecule has 1 aliphatic rings. The van der Waals surface area contributed by atoms with Crippen molar-refractivity contribution >= 4 is 0 Å². The van der Waals surface area contributed by atoms with Gasteiger partial charge in [-0.15, -0.1) is 0 Å². The van der Waals surface area contributed by atoms with Gasteiger partial charge in [-0.25, -0.2) is 4.68 Å². The van der Waals surface area contributed by atoms with Crippen molar-refractivity contribution in [1.29, 1.82) is 0 Å². The molecular formula is C16H21N3O. The molecule has 0 aliphatic carbocycles. The van der Waals surface area contributed by atoms with Gasteiger partial charge in [-0.05, 0) is 43.1 Å². The number of rotatable bonds is 5. The van der Waals surface area contributed by atoms with Crippen molar-refractivity contribution in [3.05, 3.63) is 48.3 Å². The zero-order chi connectivity index (χ0) is 13.6. The molecule has 4 heteroatoms. The van der Waals surface area contributed by atoms with Gasteiger partial charge in [0.15, 0.2) is 0 Å². The van der Waals surface area contributed by atoms with Crippen LogP contribution in [0.1, 0.15) is 12.0 Å². The van der Waals surface area contributed by atoms with Gasteiger partial charge in [0.25, 0.3) is 0 Å². The fourth-order valence-corrected chi connectivity index (χ4v) is 2.61. The Morgan fingerprint density at radius 1 is 1.15 bits per heavy atom. The topological polar surface area (TPSA) is 30.3 Å². The van der Waals surface area contributed by atoms with Gasteiger partial charge in [0.05, 0.1) is 18.9 Å². The maximum absolute atomic E-state index is 5.37. The summed E-state index contributed by atoms with van der Waals surface area (Å²) >= 11 is 0. The fraction of sp³-hybridized carbons (Fsp3) is 0.438. The van der Waals surface area contributed by atoms with Crippen molar-refractivity contribution in [2.75, 3.05) is 32.8 Å². The van der Waals surface area contributed by atoms with E-state index < -0.39 is 0 Å². The third kappa shape index (κ3) is 3.46. The summed E-state index contributed by atoms with van der Waals surface area (Å²) < 4.78 is 7.28. The molecule has 0 spiro atoms. The highest BCUT2D eigenvalue weighted by Crippen LogP contribution is 2.11. The number of aryl methyl sites for hydroxylation is 1. The number of hydrogen-bond donors (Lipinski definition) is 0. The Balaban J connectivity index is 1.53. The maximum atomic E-state index is 5.37. The minimum Gasteiger partial charge on any atom is -0.379 e. The Labute approximate surface area is 120 Å². The summed E-state index contributed by atoms with van der Waals surface area (Å²) in [5.41, 5.74) is 2.52. The van der Waals surface area contributed by atoms with Crippen LogP contribution in [-0.4, -0.2) is 47.5 Å². The van der Waals surface area contributed by atoms with Gasteiger partial charge >= 0.3 is 0 Å². The van der Waals surface area contributed by atoms with Crippen LogP contribution in [0, 0.1) is 0 Å². The molecule has 3 rings (SSSR count). The van der Waals surface area contributed by atoms with Crippen LogP contribution in [0.15, 0.2) is 42.7 Å². The Morgan fingerprint density at radius 3 is 2.85 bits per heavy atom. The van der Waals surface area contributed by atoms with Crippen molar-refractivity contribution < 1.29 is 4.74 Å². The largest absolute Gasteiger partial charge is 0.379 e. The first-order chi connectivity index (χ1) is 9.92. The lowest BCUT2D eigenvalue weighted by Gasteiger charge is -2.26. The smallest absolute Gasteiger partial charge is 0.0648 e. The number of hydrogen-bond acceptors (Lipinski definition) is 3. The van der Waals surface area contributed by atoms with E-state index in [1.54, 1.807) is 0 Å². The van der Waals surface area contributed by atoms with E-state index in [1.807, 2.05) is 23.1 Å². The second-order valence-corrected chi connectivity index (χ2v) is 5.18. The molecule has 1 aromatic heterocycles. The quantitative estimate of drug-likeness (QED) is 0.834. The van der Waals surface area contributed by atoms with E-state index in [9.17, 15) is 0 Å². The van der Waals surface area contributed by atoms with E-state index >= 15 is 0 Å². The molecule has 2 heterocycles. The monoisotopic (exact) mass is 271 g/mol. The van der Waals surface area contributed by atoms with Gasteiger partial charge in [0, 0.05) is 25.5 Å². The van der Waals surface area contributed by atoms with Crippen molar-refractivity contribution in [3.63, 3.8) is 0 Å². The Bertz CT molecular complexity index is 518. The first kappa shape index (κ1) is 13.3. The summed E-state index contributed by atoms with van der Waals surface area (Å²) in [6, 6.07) is 10.6. The average Bonchev–Trinajstić information content (AvgIpc) is 3.03. The third-order valence-corrected chi connectivity index (χ3v) is 3.72. The Morgan fingerprint density at radius 2 is 2.05 bits per heavy atom. The summed E-state index contributed by atoms with van der Waals surface area (Å²) in [5, 5.41) is 4.28. The third-order valence-electron chi connectivity index (χ3n) is 3.72. The molecule has 0 bridgehead atoms. The van der Waals surface area contributed by atoms with E-state index in [-0.39, 0.29) is 0 Å². The van der Waals surface area contributed by atoms with Gasteiger partial charge < -0.3 is 4.74 Å². The van der Waals surface area contributed by atoms with E-state index in [2.05, 4.69) is 34.3 Å². The molecule has 1 aromatic carbocycles. The fourth-order valence-electron chi connectivity index (χ4n) is 2.61. The predicted octanol–water partition coefficient (Wildman–Crippen LogP) is 2.14. The van der Waals surface area contributed by atoms with E-state index in [0.717, 1.165) is 45.0 Å². The highest BCUT2D eigenvalue weighted by atomic mass is 16.5. The zero-order valence-corrected chi connectivity index (χ0v) is 11.7. The molecule has 1 fully saturated rings. The number of benzene rings is 1. The SMILES string of the molecule is c1cc(CCCN2CCOCC2)cc(-n2cccn2)c1. The van der Waals surface area contributed by atoms with Gasteiger partial charge in [-0.3, -0.25) is 4.90 Å². The lowest BCUT2D eigenvalue weighted by Crippen LogP contribution is -2.36. The summed E-state index contributed by atoms with van der Waals surface area (Å²) in [5.74, 6) is 0. The molecule has 4 nitrogen and oxygen atoms in total. The number of aromatic nitrogens is 2. The highest BCUT2D eigenvalue weighted by molar-refractivity contribution is 5.35. The molecular weight excluding hydrogens is 250 g/mol. The Kier molecular flexibility index (Phi) is 4.46. The highest BCUT2D eigenvalue weighted by Gasteiger charge is 2.09. The first-order valence-corrected chi connectivity index (χ1v) is 7.31. The summed E-state index contributed by atoms with van der Waals surface area (Å²) in [6.45, 7) is 5.08. The minimum absolute atomic E-state index is 0.884. The number of ether oxygens (including phenoxy) is 1. The van der Waals surface area contributed by atoms with E-state index in [1.165, 1.54) is 12.0 Å². The van der Waals surface area contributed by atoms with E-state index in [4.69, 9.17) is 4.74 Å². The van der Waals surface area contributed by atoms with Crippen molar-refractivity contribution in [2.24, 2.45) is 0 Å². The second-order valence-electron chi connectivity index (χ2n) is 5.18. The molecule has 106 valence electrons. The molecule has 2 aromatic rings. The van der Waals surface area contributed by atoms with Gasteiger partial charge in [0.1, 0.15) is 0 Å². The van der Waals surface area contributed by atoms with Crippen LogP contribution < -0.4 is 0 Å². The van der Waals surface area contributed by atoms with Crippen LogP contribution >= 0.6 is 0 Å². The first-order valence-electron chi connectivity index (χ1n) is 7.31. The zero-order valence-electron chi connectivity index (χ0n) is 11.7. The van der Waals surface area contributed by atoms with Gasteiger partial charge in [-0.2, -0.15) is 5.10 Å². The molecule has 0 radical (unpaired) electrons. The molecule has 0 atom stereocenters. The molecule has 0 amide bonds. The molecule has 0 N–H and O–H groups in total. The maximum Gasteiger partial charge on any atom is 0.0648 e. The standard InChI is InChI=1S/C16H21N3O/c1-4-15(5-2-8-18-10-12-20-13-11-18)14-16(6-1)19-9-3-7-17-19/h1,3-4,6-7,9,14H,2,5,8,10-13H2. The van der Waals surface area contributed by atoms with Crippen LogP contribution in [0.5, 0.6) is 0 Å². The van der Waals surface area contributed by atoms with Gasteiger partial charge in [0.2, 0.25) is 0 Å². The lowest BCUT2D eigenvalue weighted by atomic mass is 10.1. The van der Waals surface area contributed by atoms with Crippen molar-refractivity contribution in [2.45, 2.75) is 12.8 Å². The van der Waals surface area contributed by atoms with Crippen molar-refractivity contribution in [3.8, 4) is 5.69 Å². The minimum atomic E-state index is 0.884. The number of morpholine rings is 1. The summed E-state index contributed by atoms with van der Waals surface area (Å²) in [7, 11) is 0. The van der Waals surface area contributed by atoms with Crippen LogP contribution in [-0.2, 0) is 11.2 Å². The van der Waals surface area contributed by atoms with E-state index in [0.29, 0.717) is 0 Å². The normalized spacial score (nSPS) is 16.4. The van der Waals surface area contributed by atoms with Crippen LogP contribution in [0.3, 0.4) is 0 Å². The average molecular weight is 271 g/mol. The van der Waals surface area contributed by atoms with Crippen molar-refractivity contribution in [1.82, 2.24) is 14.7 Å². The molecule has 20 heavy (non-hydrogen) atoms. The molecule has 1 saturated heterocycles.